The largest absolute Gasteiger partial charge is 0.467 e. The van der Waals surface area contributed by atoms with E-state index in [9.17, 15) is 0 Å². The van der Waals surface area contributed by atoms with Gasteiger partial charge in [0.25, 0.3) is 0 Å². The van der Waals surface area contributed by atoms with Gasteiger partial charge < -0.3 is 9.32 Å². The number of aliphatic imine (C=N–C) groups is 1. The summed E-state index contributed by atoms with van der Waals surface area (Å²) in [7, 11) is 0. The molecule has 0 unspecified atom stereocenters. The van der Waals surface area contributed by atoms with Gasteiger partial charge in [0.05, 0.1) is 19.4 Å². The van der Waals surface area contributed by atoms with Gasteiger partial charge in [-0.3, -0.25) is 4.99 Å². The average molecular weight is 292 g/mol. The fourth-order valence-electron chi connectivity index (χ4n) is 2.01. The van der Waals surface area contributed by atoms with Crippen molar-refractivity contribution >= 4 is 28.3 Å². The molecule has 5 heteroatoms. The zero-order valence-corrected chi connectivity index (χ0v) is 12.3. The van der Waals surface area contributed by atoms with Gasteiger partial charge in [-0.1, -0.05) is 17.8 Å². The lowest BCUT2D eigenvalue weighted by Gasteiger charge is -2.26. The zero-order valence-electron chi connectivity index (χ0n) is 10.6. The molecule has 1 aliphatic rings. The van der Waals surface area contributed by atoms with Gasteiger partial charge in [0, 0.05) is 17.2 Å². The van der Waals surface area contributed by atoms with E-state index in [-0.39, 0.29) is 0 Å². The Bertz CT molecular complexity index is 483. The van der Waals surface area contributed by atoms with Crippen molar-refractivity contribution in [1.29, 1.82) is 0 Å². The van der Waals surface area contributed by atoms with Crippen molar-refractivity contribution in [3.63, 3.8) is 0 Å². The quantitative estimate of drug-likeness (QED) is 0.857. The van der Waals surface area contributed by atoms with Crippen LogP contribution in [0.2, 0.25) is 0 Å². The van der Waals surface area contributed by atoms with Gasteiger partial charge in [0.2, 0.25) is 0 Å². The maximum absolute atomic E-state index is 5.47. The molecule has 3 nitrogen and oxygen atoms in total. The molecule has 100 valence electrons. The van der Waals surface area contributed by atoms with Crippen LogP contribution in [-0.4, -0.2) is 22.4 Å². The number of amidine groups is 1. The molecule has 0 N–H and O–H groups in total. The van der Waals surface area contributed by atoms with Crippen molar-refractivity contribution in [2.24, 2.45) is 4.99 Å². The minimum absolute atomic E-state index is 0.788. The van der Waals surface area contributed by atoms with E-state index >= 15 is 0 Å². The summed E-state index contributed by atoms with van der Waals surface area (Å²) in [6, 6.07) is 8.23. The molecule has 0 atom stereocenters. The van der Waals surface area contributed by atoms with Crippen LogP contribution < -0.4 is 0 Å². The molecule has 0 amide bonds. The third-order valence-corrected chi connectivity index (χ3v) is 4.90. The lowest BCUT2D eigenvalue weighted by atomic mass is 10.4. The van der Waals surface area contributed by atoms with E-state index in [0.717, 1.165) is 36.3 Å². The highest BCUT2D eigenvalue weighted by atomic mass is 32.2. The molecule has 0 spiro atoms. The van der Waals surface area contributed by atoms with Crippen LogP contribution in [0.25, 0.3) is 0 Å². The normalized spacial score (nSPS) is 15.3. The summed E-state index contributed by atoms with van der Waals surface area (Å²) in [5.74, 6) is 2.16. The van der Waals surface area contributed by atoms with E-state index in [0.29, 0.717) is 0 Å². The molecule has 0 saturated heterocycles. The highest BCUT2D eigenvalue weighted by Gasteiger charge is 2.17. The Labute approximate surface area is 121 Å². The Balaban J connectivity index is 1.76. The van der Waals surface area contributed by atoms with Crippen LogP contribution in [0.3, 0.4) is 0 Å². The molecule has 2 aromatic rings. The van der Waals surface area contributed by atoms with Gasteiger partial charge in [-0.2, -0.15) is 0 Å². The second-order valence-corrected chi connectivity index (χ2v) is 6.48. The van der Waals surface area contributed by atoms with Crippen LogP contribution in [0.1, 0.15) is 17.1 Å². The van der Waals surface area contributed by atoms with Crippen molar-refractivity contribution in [1.82, 2.24) is 4.90 Å². The summed E-state index contributed by atoms with van der Waals surface area (Å²) in [6.45, 7) is 2.64. The molecular formula is C14H16N2OS2. The lowest BCUT2D eigenvalue weighted by molar-refractivity contribution is 0.362. The van der Waals surface area contributed by atoms with Crippen LogP contribution in [-0.2, 0) is 13.1 Å². The Morgan fingerprint density at radius 1 is 1.26 bits per heavy atom. The minimum atomic E-state index is 0.788. The Kier molecular flexibility index (Phi) is 4.25. The number of nitrogens with zero attached hydrogens (tertiary/aromatic N) is 2. The van der Waals surface area contributed by atoms with Gasteiger partial charge in [-0.05, 0) is 30.0 Å². The number of thiophene rings is 1. The fraction of sp³-hybridized carbons (Fsp3) is 0.357. The van der Waals surface area contributed by atoms with E-state index in [1.165, 1.54) is 11.3 Å². The van der Waals surface area contributed by atoms with E-state index in [4.69, 9.17) is 4.42 Å². The molecule has 0 aromatic carbocycles. The van der Waals surface area contributed by atoms with Crippen molar-refractivity contribution in [2.75, 3.05) is 12.3 Å². The van der Waals surface area contributed by atoms with E-state index in [2.05, 4.69) is 27.4 Å². The smallest absolute Gasteiger partial charge is 0.159 e. The highest BCUT2D eigenvalue weighted by molar-refractivity contribution is 8.13. The summed E-state index contributed by atoms with van der Waals surface area (Å²) in [5, 5.41) is 3.27. The van der Waals surface area contributed by atoms with E-state index < -0.39 is 0 Å². The molecule has 1 aliphatic heterocycles. The predicted octanol–water partition coefficient (Wildman–Crippen LogP) is 3.84. The first-order valence-corrected chi connectivity index (χ1v) is 8.25. The maximum Gasteiger partial charge on any atom is 0.159 e. The van der Waals surface area contributed by atoms with E-state index in [1.54, 1.807) is 17.6 Å². The molecular weight excluding hydrogens is 276 g/mol. The molecule has 0 aliphatic carbocycles. The van der Waals surface area contributed by atoms with Gasteiger partial charge in [0.15, 0.2) is 5.17 Å². The first kappa shape index (κ1) is 12.8. The molecule has 2 aromatic heterocycles. The first-order chi connectivity index (χ1) is 9.42. The van der Waals surface area contributed by atoms with Gasteiger partial charge in [-0.25, -0.2) is 0 Å². The van der Waals surface area contributed by atoms with Crippen LogP contribution in [0, 0.1) is 0 Å². The predicted molar refractivity (Wildman–Crippen MR) is 81.7 cm³/mol. The van der Waals surface area contributed by atoms with Crippen molar-refractivity contribution in [2.45, 2.75) is 19.5 Å². The fourth-order valence-corrected chi connectivity index (χ4v) is 3.68. The van der Waals surface area contributed by atoms with Crippen molar-refractivity contribution < 1.29 is 4.42 Å². The van der Waals surface area contributed by atoms with Crippen LogP contribution in [0.15, 0.2) is 45.3 Å². The van der Waals surface area contributed by atoms with Gasteiger partial charge in [-0.15, -0.1) is 11.3 Å². The maximum atomic E-state index is 5.47. The Morgan fingerprint density at radius 2 is 2.26 bits per heavy atom. The van der Waals surface area contributed by atoms with Crippen molar-refractivity contribution in [3.8, 4) is 0 Å². The molecule has 19 heavy (non-hydrogen) atoms. The molecule has 0 bridgehead atoms. The summed E-state index contributed by atoms with van der Waals surface area (Å²) in [6.07, 6.45) is 2.91. The summed E-state index contributed by atoms with van der Waals surface area (Å²) in [5.41, 5.74) is 0. The van der Waals surface area contributed by atoms with Crippen molar-refractivity contribution in [3.05, 3.63) is 46.5 Å². The third kappa shape index (κ3) is 3.42. The molecule has 3 heterocycles. The molecule has 0 radical (unpaired) electrons. The van der Waals surface area contributed by atoms with Gasteiger partial charge in [0.1, 0.15) is 5.76 Å². The minimum Gasteiger partial charge on any atom is -0.467 e. The number of hydrogen-bond acceptors (Lipinski definition) is 5. The third-order valence-electron chi connectivity index (χ3n) is 2.90. The SMILES string of the molecule is c1coc(CN(Cc2cccs2)C2=NCCCS2)c1. The van der Waals surface area contributed by atoms with Gasteiger partial charge >= 0.3 is 0 Å². The summed E-state index contributed by atoms with van der Waals surface area (Å²) < 4.78 is 5.47. The summed E-state index contributed by atoms with van der Waals surface area (Å²) in [4.78, 5) is 8.33. The molecule has 0 fully saturated rings. The highest BCUT2D eigenvalue weighted by Crippen LogP contribution is 2.22. The second kappa shape index (κ2) is 6.30. The second-order valence-electron chi connectivity index (χ2n) is 4.38. The number of furan rings is 1. The Hall–Kier alpha value is -1.20. The average Bonchev–Trinajstić information content (AvgIpc) is 3.12. The van der Waals surface area contributed by atoms with Crippen LogP contribution >= 0.6 is 23.1 Å². The number of rotatable bonds is 4. The summed E-state index contributed by atoms with van der Waals surface area (Å²) >= 11 is 3.65. The Morgan fingerprint density at radius 3 is 2.95 bits per heavy atom. The van der Waals surface area contributed by atoms with Crippen LogP contribution in [0.5, 0.6) is 0 Å². The number of hydrogen-bond donors (Lipinski definition) is 0. The number of thioether (sulfide) groups is 1. The van der Waals surface area contributed by atoms with Crippen LogP contribution in [0.4, 0.5) is 0 Å². The molecule has 0 saturated carbocycles. The molecule has 3 rings (SSSR count). The lowest BCUT2D eigenvalue weighted by Crippen LogP contribution is -2.29. The van der Waals surface area contributed by atoms with E-state index in [1.807, 2.05) is 23.9 Å². The topological polar surface area (TPSA) is 28.7 Å². The first-order valence-electron chi connectivity index (χ1n) is 6.39. The zero-order chi connectivity index (χ0) is 12.9. The standard InChI is InChI=1S/C14H16N2OS2/c1-4-12(17-7-1)10-16(11-13-5-2-8-18-13)14-15-6-3-9-19-14/h1-2,4-5,7-8H,3,6,9-11H2. The monoisotopic (exact) mass is 292 g/mol.